The van der Waals surface area contributed by atoms with Crippen LogP contribution in [0.15, 0.2) is 18.2 Å². The highest BCUT2D eigenvalue weighted by molar-refractivity contribution is 6.31. The molecule has 21 heavy (non-hydrogen) atoms. The Morgan fingerprint density at radius 3 is 2.90 bits per heavy atom. The van der Waals surface area contributed by atoms with E-state index in [1.807, 2.05) is 0 Å². The minimum absolute atomic E-state index is 0.212. The Hall–Kier alpha value is -1.95. The van der Waals surface area contributed by atoms with Crippen LogP contribution in [0.1, 0.15) is 12.8 Å². The molecule has 0 bridgehead atoms. The Bertz CT molecular complexity index is 550. The molecule has 2 rings (SSSR count). The lowest BCUT2D eigenvalue weighted by Gasteiger charge is -2.30. The molecule has 1 aliphatic rings. The number of piperidine rings is 1. The second-order valence-electron chi connectivity index (χ2n) is 4.90. The van der Waals surface area contributed by atoms with Gasteiger partial charge in [-0.25, -0.2) is 4.79 Å². The van der Waals surface area contributed by atoms with Crippen molar-refractivity contribution >= 4 is 29.3 Å². The zero-order valence-corrected chi connectivity index (χ0v) is 12.4. The molecule has 0 aliphatic carbocycles. The summed E-state index contributed by atoms with van der Waals surface area (Å²) < 4.78 is 5.16. The van der Waals surface area contributed by atoms with Gasteiger partial charge in [-0.1, -0.05) is 11.6 Å². The molecule has 0 radical (unpaired) electrons. The molecule has 1 saturated heterocycles. The fourth-order valence-electron chi connectivity index (χ4n) is 2.34. The van der Waals surface area contributed by atoms with Gasteiger partial charge in [-0.3, -0.25) is 4.79 Å². The van der Waals surface area contributed by atoms with Gasteiger partial charge in [0.15, 0.2) is 0 Å². The minimum Gasteiger partial charge on any atom is -0.495 e. The number of hydrogen-bond acceptors (Lipinski definition) is 3. The minimum atomic E-state index is -0.868. The standard InChI is InChI=1S/C14H17ClN2O4/c1-21-12-5-4-10(15)7-11(12)16-14(20)17-6-2-3-9(8-17)13(18)19/h4-5,7,9H,2-3,6,8H2,1H3,(H,16,20)(H,18,19)/t9-/m1/s1. The lowest BCUT2D eigenvalue weighted by atomic mass is 9.99. The van der Waals surface area contributed by atoms with Gasteiger partial charge < -0.3 is 20.1 Å². The molecule has 1 aliphatic heterocycles. The molecular formula is C14H17ClN2O4. The molecule has 1 fully saturated rings. The highest BCUT2D eigenvalue weighted by atomic mass is 35.5. The quantitative estimate of drug-likeness (QED) is 0.899. The molecule has 0 unspecified atom stereocenters. The van der Waals surface area contributed by atoms with Crippen molar-refractivity contribution in [1.82, 2.24) is 4.90 Å². The molecule has 0 aromatic heterocycles. The lowest BCUT2D eigenvalue weighted by Crippen LogP contribution is -2.44. The van der Waals surface area contributed by atoms with Crippen LogP contribution in [0.3, 0.4) is 0 Å². The number of likely N-dealkylation sites (tertiary alicyclic amines) is 1. The number of hydrogen-bond donors (Lipinski definition) is 2. The van der Waals surface area contributed by atoms with Crippen LogP contribution < -0.4 is 10.1 Å². The SMILES string of the molecule is COc1ccc(Cl)cc1NC(=O)N1CCC[C@@H](C(=O)O)C1. The van der Waals surface area contributed by atoms with Crippen molar-refractivity contribution in [2.75, 3.05) is 25.5 Å². The van der Waals surface area contributed by atoms with Gasteiger partial charge >= 0.3 is 12.0 Å². The highest BCUT2D eigenvalue weighted by Gasteiger charge is 2.28. The first kappa shape index (κ1) is 15.4. The number of benzene rings is 1. The van der Waals surface area contributed by atoms with Crippen LogP contribution in [0, 0.1) is 5.92 Å². The largest absolute Gasteiger partial charge is 0.495 e. The molecule has 1 aromatic carbocycles. The van der Waals surface area contributed by atoms with Crippen LogP contribution in [0.5, 0.6) is 5.75 Å². The van der Waals surface area contributed by atoms with E-state index in [2.05, 4.69) is 5.32 Å². The average Bonchev–Trinajstić information content (AvgIpc) is 2.47. The number of carboxylic acids is 1. The van der Waals surface area contributed by atoms with Gasteiger partial charge in [0.1, 0.15) is 5.75 Å². The Morgan fingerprint density at radius 1 is 1.48 bits per heavy atom. The lowest BCUT2D eigenvalue weighted by molar-refractivity contribution is -0.143. The number of carbonyl (C=O) groups excluding carboxylic acids is 1. The third kappa shape index (κ3) is 3.78. The summed E-state index contributed by atoms with van der Waals surface area (Å²) in [7, 11) is 1.50. The summed E-state index contributed by atoms with van der Waals surface area (Å²) in [6.07, 6.45) is 1.27. The summed E-state index contributed by atoms with van der Waals surface area (Å²) in [6.45, 7) is 0.753. The fourth-order valence-corrected chi connectivity index (χ4v) is 2.51. The van der Waals surface area contributed by atoms with E-state index in [4.69, 9.17) is 21.4 Å². The van der Waals surface area contributed by atoms with Gasteiger partial charge in [0, 0.05) is 18.1 Å². The van der Waals surface area contributed by atoms with Crippen LogP contribution in [-0.2, 0) is 4.79 Å². The van der Waals surface area contributed by atoms with Gasteiger partial charge in [-0.15, -0.1) is 0 Å². The van der Waals surface area contributed by atoms with E-state index in [1.54, 1.807) is 18.2 Å². The van der Waals surface area contributed by atoms with E-state index in [9.17, 15) is 9.59 Å². The molecular weight excluding hydrogens is 296 g/mol. The summed E-state index contributed by atoms with van der Waals surface area (Å²) in [5, 5.41) is 12.2. The summed E-state index contributed by atoms with van der Waals surface area (Å²) >= 11 is 5.91. The first-order valence-corrected chi connectivity index (χ1v) is 7.01. The molecule has 6 nitrogen and oxygen atoms in total. The number of carboxylic acid groups (broad SMARTS) is 1. The number of methoxy groups -OCH3 is 1. The average molecular weight is 313 g/mol. The first-order valence-electron chi connectivity index (χ1n) is 6.63. The normalized spacial score (nSPS) is 18.2. The van der Waals surface area contributed by atoms with Gasteiger partial charge in [0.05, 0.1) is 18.7 Å². The number of anilines is 1. The maximum atomic E-state index is 12.2. The summed E-state index contributed by atoms with van der Waals surface area (Å²) in [5.74, 6) is -0.877. The van der Waals surface area contributed by atoms with Crippen molar-refractivity contribution in [2.24, 2.45) is 5.92 Å². The Balaban J connectivity index is 2.07. The topological polar surface area (TPSA) is 78.9 Å². The summed E-state index contributed by atoms with van der Waals surface area (Å²) in [5.41, 5.74) is 0.465. The van der Waals surface area contributed by atoms with Crippen LogP contribution in [0.2, 0.25) is 5.02 Å². The van der Waals surface area contributed by atoms with Crippen LogP contribution in [0.4, 0.5) is 10.5 Å². The van der Waals surface area contributed by atoms with E-state index in [1.165, 1.54) is 12.0 Å². The van der Waals surface area contributed by atoms with E-state index in [-0.39, 0.29) is 12.6 Å². The van der Waals surface area contributed by atoms with Crippen molar-refractivity contribution < 1.29 is 19.4 Å². The number of aliphatic carboxylic acids is 1. The fraction of sp³-hybridized carbons (Fsp3) is 0.429. The van der Waals surface area contributed by atoms with Gasteiger partial charge in [0.25, 0.3) is 0 Å². The second-order valence-corrected chi connectivity index (χ2v) is 5.33. The van der Waals surface area contributed by atoms with E-state index in [0.29, 0.717) is 35.8 Å². The molecule has 0 spiro atoms. The predicted octanol–water partition coefficient (Wildman–Crippen LogP) is 2.68. The zero-order valence-electron chi connectivity index (χ0n) is 11.6. The number of urea groups is 1. The Labute approximate surface area is 127 Å². The monoisotopic (exact) mass is 312 g/mol. The van der Waals surface area contributed by atoms with Crippen LogP contribution >= 0.6 is 11.6 Å². The van der Waals surface area contributed by atoms with Crippen molar-refractivity contribution in [2.45, 2.75) is 12.8 Å². The second kappa shape index (κ2) is 6.67. The Morgan fingerprint density at radius 2 is 2.24 bits per heavy atom. The molecule has 7 heteroatoms. The smallest absolute Gasteiger partial charge is 0.321 e. The molecule has 114 valence electrons. The number of amides is 2. The zero-order chi connectivity index (χ0) is 15.4. The van der Waals surface area contributed by atoms with Crippen molar-refractivity contribution in [3.8, 4) is 5.75 Å². The highest BCUT2D eigenvalue weighted by Crippen LogP contribution is 2.28. The predicted molar refractivity (Wildman–Crippen MR) is 79.0 cm³/mol. The molecule has 1 aromatic rings. The number of nitrogens with zero attached hydrogens (tertiary/aromatic N) is 1. The maximum Gasteiger partial charge on any atom is 0.321 e. The Kier molecular flexibility index (Phi) is 4.90. The van der Waals surface area contributed by atoms with Crippen LogP contribution in [0.25, 0.3) is 0 Å². The van der Waals surface area contributed by atoms with E-state index < -0.39 is 11.9 Å². The molecule has 1 atom stereocenters. The third-order valence-corrected chi connectivity index (χ3v) is 3.70. The van der Waals surface area contributed by atoms with Crippen LogP contribution in [-0.4, -0.2) is 42.2 Å². The third-order valence-electron chi connectivity index (χ3n) is 3.46. The number of nitrogens with one attached hydrogen (secondary N) is 1. The maximum absolute atomic E-state index is 12.2. The molecule has 2 amide bonds. The van der Waals surface area contributed by atoms with E-state index in [0.717, 1.165) is 0 Å². The van der Waals surface area contributed by atoms with Crippen molar-refractivity contribution in [3.05, 3.63) is 23.2 Å². The van der Waals surface area contributed by atoms with E-state index >= 15 is 0 Å². The molecule has 2 N–H and O–H groups in total. The van der Waals surface area contributed by atoms with Gasteiger partial charge in [0.2, 0.25) is 0 Å². The number of halogens is 1. The van der Waals surface area contributed by atoms with Crippen molar-refractivity contribution in [3.63, 3.8) is 0 Å². The number of carbonyl (C=O) groups is 2. The first-order chi connectivity index (χ1) is 10.0. The van der Waals surface area contributed by atoms with Gasteiger partial charge in [-0.2, -0.15) is 0 Å². The van der Waals surface area contributed by atoms with Gasteiger partial charge in [-0.05, 0) is 31.0 Å². The summed E-state index contributed by atoms with van der Waals surface area (Å²) in [6, 6.07) is 4.57. The number of rotatable bonds is 3. The van der Waals surface area contributed by atoms with Crippen molar-refractivity contribution in [1.29, 1.82) is 0 Å². The molecule has 0 saturated carbocycles. The number of ether oxygens (including phenoxy) is 1. The molecule has 1 heterocycles. The summed E-state index contributed by atoms with van der Waals surface area (Å²) in [4.78, 5) is 24.8.